The molecule has 0 spiro atoms. The van der Waals surface area contributed by atoms with Crippen LogP contribution in [0.3, 0.4) is 0 Å². The quantitative estimate of drug-likeness (QED) is 0.518. The zero-order valence-corrected chi connectivity index (χ0v) is 17.5. The van der Waals surface area contributed by atoms with Crippen LogP contribution in [0.2, 0.25) is 0 Å². The molecule has 0 bridgehead atoms. The summed E-state index contributed by atoms with van der Waals surface area (Å²) < 4.78 is 5.11. The van der Waals surface area contributed by atoms with Crippen LogP contribution in [0.25, 0.3) is 6.08 Å². The summed E-state index contributed by atoms with van der Waals surface area (Å²) in [6.45, 7) is 0.258. The van der Waals surface area contributed by atoms with Gasteiger partial charge in [-0.2, -0.15) is 0 Å². The molecule has 0 atom stereocenters. The Balaban J connectivity index is 1.51. The third kappa shape index (κ3) is 6.85. The Labute approximate surface area is 182 Å². The molecule has 5 heteroatoms. The van der Waals surface area contributed by atoms with Gasteiger partial charge in [0.1, 0.15) is 5.75 Å². The molecule has 2 N–H and O–H groups in total. The molecule has 5 nitrogen and oxygen atoms in total. The second-order valence-electron chi connectivity index (χ2n) is 6.97. The molecule has 0 aliphatic heterocycles. The first-order valence-electron chi connectivity index (χ1n) is 10.1. The maximum atomic E-state index is 12.5. The van der Waals surface area contributed by atoms with Gasteiger partial charge in [0.2, 0.25) is 11.8 Å². The standard InChI is InChI=1S/C26H26N2O3/c1-31-23-15-12-20(13-16-23)14-17-24(29)27-19-18-25(30)28-26(21-8-4-2-5-9-21)22-10-6-3-7-11-22/h2-17,26H,18-19H2,1H3,(H,27,29)(H,28,30)/b17-14+. The van der Waals surface area contributed by atoms with Gasteiger partial charge in [-0.05, 0) is 34.9 Å². The SMILES string of the molecule is COc1ccc(/C=C/C(=O)NCCC(=O)NC(c2ccccc2)c2ccccc2)cc1. The maximum absolute atomic E-state index is 12.5. The number of carbonyl (C=O) groups excluding carboxylic acids is 2. The lowest BCUT2D eigenvalue weighted by Gasteiger charge is -2.20. The van der Waals surface area contributed by atoms with E-state index in [1.165, 1.54) is 6.08 Å². The second kappa shape index (κ2) is 11.4. The molecule has 0 aliphatic rings. The van der Waals surface area contributed by atoms with E-state index in [0.717, 1.165) is 22.4 Å². The summed E-state index contributed by atoms with van der Waals surface area (Å²) in [5.41, 5.74) is 2.91. The zero-order chi connectivity index (χ0) is 21.9. The normalized spacial score (nSPS) is 10.8. The van der Waals surface area contributed by atoms with Crippen LogP contribution in [0.15, 0.2) is 91.0 Å². The van der Waals surface area contributed by atoms with Gasteiger partial charge in [-0.25, -0.2) is 0 Å². The van der Waals surface area contributed by atoms with Crippen molar-refractivity contribution in [2.45, 2.75) is 12.5 Å². The van der Waals surface area contributed by atoms with Gasteiger partial charge in [0.05, 0.1) is 13.2 Å². The fourth-order valence-electron chi connectivity index (χ4n) is 3.13. The predicted molar refractivity (Wildman–Crippen MR) is 123 cm³/mol. The molecular formula is C26H26N2O3. The van der Waals surface area contributed by atoms with Crippen molar-refractivity contribution >= 4 is 17.9 Å². The van der Waals surface area contributed by atoms with Gasteiger partial charge in [-0.3, -0.25) is 9.59 Å². The van der Waals surface area contributed by atoms with Gasteiger partial charge < -0.3 is 15.4 Å². The molecule has 0 aliphatic carbocycles. The van der Waals surface area contributed by atoms with Crippen molar-refractivity contribution < 1.29 is 14.3 Å². The van der Waals surface area contributed by atoms with Crippen molar-refractivity contribution in [1.29, 1.82) is 0 Å². The highest BCUT2D eigenvalue weighted by atomic mass is 16.5. The van der Waals surface area contributed by atoms with Crippen molar-refractivity contribution in [3.8, 4) is 5.75 Å². The number of rotatable bonds is 9. The van der Waals surface area contributed by atoms with Crippen LogP contribution < -0.4 is 15.4 Å². The van der Waals surface area contributed by atoms with Crippen molar-refractivity contribution in [3.63, 3.8) is 0 Å². The lowest BCUT2D eigenvalue weighted by Crippen LogP contribution is -2.33. The van der Waals surface area contributed by atoms with E-state index in [0.29, 0.717) is 0 Å². The molecule has 0 radical (unpaired) electrons. The lowest BCUT2D eigenvalue weighted by molar-refractivity contribution is -0.121. The van der Waals surface area contributed by atoms with Gasteiger partial charge in [0.15, 0.2) is 0 Å². The van der Waals surface area contributed by atoms with E-state index in [-0.39, 0.29) is 30.8 Å². The fourth-order valence-corrected chi connectivity index (χ4v) is 3.13. The minimum Gasteiger partial charge on any atom is -0.497 e. The number of ether oxygens (including phenoxy) is 1. The summed E-state index contributed by atoms with van der Waals surface area (Å²) in [4.78, 5) is 24.6. The van der Waals surface area contributed by atoms with E-state index in [1.807, 2.05) is 84.9 Å². The number of amides is 2. The first-order chi connectivity index (χ1) is 15.2. The Morgan fingerprint density at radius 2 is 1.45 bits per heavy atom. The van der Waals surface area contributed by atoms with E-state index in [9.17, 15) is 9.59 Å². The van der Waals surface area contributed by atoms with Crippen LogP contribution in [-0.4, -0.2) is 25.5 Å². The molecule has 31 heavy (non-hydrogen) atoms. The minimum absolute atomic E-state index is 0.128. The van der Waals surface area contributed by atoms with Crippen LogP contribution in [0, 0.1) is 0 Å². The van der Waals surface area contributed by atoms with E-state index >= 15 is 0 Å². The highest BCUT2D eigenvalue weighted by Crippen LogP contribution is 2.21. The number of benzene rings is 3. The number of hydrogen-bond donors (Lipinski definition) is 2. The van der Waals surface area contributed by atoms with Gasteiger partial charge in [-0.15, -0.1) is 0 Å². The van der Waals surface area contributed by atoms with Crippen molar-refractivity contribution in [2.75, 3.05) is 13.7 Å². The number of nitrogens with one attached hydrogen (secondary N) is 2. The van der Waals surface area contributed by atoms with Gasteiger partial charge >= 0.3 is 0 Å². The average molecular weight is 415 g/mol. The molecule has 0 fully saturated rings. The van der Waals surface area contributed by atoms with Crippen LogP contribution in [-0.2, 0) is 9.59 Å². The molecule has 0 saturated carbocycles. The molecule has 158 valence electrons. The van der Waals surface area contributed by atoms with Crippen molar-refractivity contribution in [2.24, 2.45) is 0 Å². The zero-order valence-electron chi connectivity index (χ0n) is 17.5. The van der Waals surface area contributed by atoms with Crippen LogP contribution >= 0.6 is 0 Å². The van der Waals surface area contributed by atoms with Crippen LogP contribution in [0.1, 0.15) is 29.2 Å². The average Bonchev–Trinajstić information content (AvgIpc) is 2.82. The van der Waals surface area contributed by atoms with E-state index < -0.39 is 0 Å². The Bertz CT molecular complexity index is 960. The number of carbonyl (C=O) groups is 2. The topological polar surface area (TPSA) is 67.4 Å². The molecule has 0 saturated heterocycles. The first-order valence-corrected chi connectivity index (χ1v) is 10.1. The highest BCUT2D eigenvalue weighted by molar-refractivity contribution is 5.92. The van der Waals surface area contributed by atoms with Crippen LogP contribution in [0.4, 0.5) is 0 Å². The monoisotopic (exact) mass is 414 g/mol. The summed E-state index contributed by atoms with van der Waals surface area (Å²) in [7, 11) is 1.61. The summed E-state index contributed by atoms with van der Waals surface area (Å²) in [5, 5.41) is 5.82. The Morgan fingerprint density at radius 1 is 0.871 bits per heavy atom. The molecule has 2 amide bonds. The van der Waals surface area contributed by atoms with E-state index in [4.69, 9.17) is 4.74 Å². The summed E-state index contributed by atoms with van der Waals surface area (Å²) in [6.07, 6.45) is 3.37. The molecular weight excluding hydrogens is 388 g/mol. The minimum atomic E-state index is -0.244. The molecule has 0 heterocycles. The van der Waals surface area contributed by atoms with Gasteiger partial charge in [0, 0.05) is 19.0 Å². The third-order valence-electron chi connectivity index (χ3n) is 4.77. The Hall–Kier alpha value is -3.86. The maximum Gasteiger partial charge on any atom is 0.244 e. The van der Waals surface area contributed by atoms with E-state index in [1.54, 1.807) is 13.2 Å². The number of methoxy groups -OCH3 is 1. The third-order valence-corrected chi connectivity index (χ3v) is 4.77. The van der Waals surface area contributed by atoms with Crippen molar-refractivity contribution in [3.05, 3.63) is 108 Å². The molecule has 3 rings (SSSR count). The summed E-state index contributed by atoms with van der Waals surface area (Å²) in [5.74, 6) is 0.389. The Kier molecular flexibility index (Phi) is 8.00. The fraction of sp³-hybridized carbons (Fsp3) is 0.154. The highest BCUT2D eigenvalue weighted by Gasteiger charge is 2.16. The molecule has 3 aromatic carbocycles. The molecule has 0 unspecified atom stereocenters. The van der Waals surface area contributed by atoms with Gasteiger partial charge in [0.25, 0.3) is 0 Å². The lowest BCUT2D eigenvalue weighted by atomic mass is 9.98. The Morgan fingerprint density at radius 3 is 2.00 bits per heavy atom. The van der Waals surface area contributed by atoms with Crippen molar-refractivity contribution in [1.82, 2.24) is 10.6 Å². The first kappa shape index (κ1) is 21.8. The number of hydrogen-bond acceptors (Lipinski definition) is 3. The van der Waals surface area contributed by atoms with E-state index in [2.05, 4.69) is 10.6 Å². The van der Waals surface area contributed by atoms with Crippen LogP contribution in [0.5, 0.6) is 5.75 Å². The smallest absolute Gasteiger partial charge is 0.244 e. The molecule has 3 aromatic rings. The largest absolute Gasteiger partial charge is 0.497 e. The predicted octanol–water partition coefficient (Wildman–Crippen LogP) is 4.12. The molecule has 0 aromatic heterocycles. The summed E-state index contributed by atoms with van der Waals surface area (Å²) >= 11 is 0. The van der Waals surface area contributed by atoms with Gasteiger partial charge in [-0.1, -0.05) is 72.8 Å². The second-order valence-corrected chi connectivity index (χ2v) is 6.97. The summed E-state index contributed by atoms with van der Waals surface area (Å²) in [6, 6.07) is 26.8.